The Balaban J connectivity index is 2.23. The molecule has 2 nitrogen and oxygen atoms in total. The molecular formula is C14H20ClNO. The monoisotopic (exact) mass is 253 g/mol. The van der Waals surface area contributed by atoms with E-state index in [4.69, 9.17) is 11.6 Å². The van der Waals surface area contributed by atoms with E-state index in [-0.39, 0.29) is 0 Å². The van der Waals surface area contributed by atoms with Crippen LogP contribution in [0.4, 0.5) is 5.69 Å². The zero-order valence-electron chi connectivity index (χ0n) is 10.7. The lowest BCUT2D eigenvalue weighted by Crippen LogP contribution is -2.22. The summed E-state index contributed by atoms with van der Waals surface area (Å²) in [4.78, 5) is 2.33. The SMILES string of the molecule is C[C@@H](O)c1ccc(N2CCC(C)(C)C2)c(Cl)c1. The molecule has 0 radical (unpaired) electrons. The first-order valence-electron chi connectivity index (χ1n) is 6.11. The summed E-state index contributed by atoms with van der Waals surface area (Å²) < 4.78 is 0. The minimum atomic E-state index is -0.462. The summed E-state index contributed by atoms with van der Waals surface area (Å²) >= 11 is 6.29. The Kier molecular flexibility index (Phi) is 3.37. The van der Waals surface area contributed by atoms with Crippen LogP contribution in [0, 0.1) is 5.41 Å². The maximum atomic E-state index is 9.52. The summed E-state index contributed by atoms with van der Waals surface area (Å²) in [5.41, 5.74) is 2.32. The molecule has 0 amide bonds. The number of aliphatic hydroxyl groups is 1. The van der Waals surface area contributed by atoms with E-state index in [1.165, 1.54) is 6.42 Å². The van der Waals surface area contributed by atoms with Gasteiger partial charge >= 0.3 is 0 Å². The van der Waals surface area contributed by atoms with Gasteiger partial charge in [-0.05, 0) is 36.5 Å². The molecule has 0 spiro atoms. The second-order valence-corrected chi connectivity index (χ2v) is 6.13. The highest BCUT2D eigenvalue weighted by atomic mass is 35.5. The van der Waals surface area contributed by atoms with Gasteiger partial charge < -0.3 is 10.0 Å². The number of hydrogen-bond acceptors (Lipinski definition) is 2. The van der Waals surface area contributed by atoms with E-state index in [2.05, 4.69) is 18.7 Å². The predicted molar refractivity (Wildman–Crippen MR) is 72.7 cm³/mol. The highest BCUT2D eigenvalue weighted by molar-refractivity contribution is 6.33. The number of nitrogens with zero attached hydrogens (tertiary/aromatic N) is 1. The van der Waals surface area contributed by atoms with Crippen LogP contribution in [-0.2, 0) is 0 Å². The van der Waals surface area contributed by atoms with E-state index in [0.717, 1.165) is 29.4 Å². The third kappa shape index (κ3) is 2.75. The Hall–Kier alpha value is -0.730. The van der Waals surface area contributed by atoms with Gasteiger partial charge in [-0.2, -0.15) is 0 Å². The van der Waals surface area contributed by atoms with E-state index in [9.17, 15) is 5.11 Å². The van der Waals surface area contributed by atoms with E-state index >= 15 is 0 Å². The molecule has 1 atom stereocenters. The molecule has 17 heavy (non-hydrogen) atoms. The van der Waals surface area contributed by atoms with Crippen molar-refractivity contribution in [1.82, 2.24) is 0 Å². The van der Waals surface area contributed by atoms with Crippen molar-refractivity contribution in [3.8, 4) is 0 Å². The largest absolute Gasteiger partial charge is 0.389 e. The topological polar surface area (TPSA) is 23.5 Å². The molecule has 1 N–H and O–H groups in total. The van der Waals surface area contributed by atoms with Crippen LogP contribution in [0.5, 0.6) is 0 Å². The Labute approximate surface area is 108 Å². The number of benzene rings is 1. The Bertz CT molecular complexity index is 415. The first kappa shape index (κ1) is 12.7. The fraction of sp³-hybridized carbons (Fsp3) is 0.571. The molecule has 94 valence electrons. The summed E-state index contributed by atoms with van der Waals surface area (Å²) in [5, 5.41) is 10.3. The highest BCUT2D eigenvalue weighted by Crippen LogP contribution is 2.36. The highest BCUT2D eigenvalue weighted by Gasteiger charge is 2.30. The molecule has 1 aromatic carbocycles. The van der Waals surface area contributed by atoms with Gasteiger partial charge in [0.25, 0.3) is 0 Å². The molecule has 1 saturated heterocycles. The maximum Gasteiger partial charge on any atom is 0.0762 e. The number of hydrogen-bond donors (Lipinski definition) is 1. The van der Waals surface area contributed by atoms with Crippen molar-refractivity contribution < 1.29 is 5.11 Å². The fourth-order valence-corrected chi connectivity index (χ4v) is 2.67. The maximum absolute atomic E-state index is 9.52. The van der Waals surface area contributed by atoms with Crippen LogP contribution in [0.3, 0.4) is 0 Å². The fourth-order valence-electron chi connectivity index (χ4n) is 2.36. The zero-order valence-corrected chi connectivity index (χ0v) is 11.5. The molecule has 1 heterocycles. The minimum Gasteiger partial charge on any atom is -0.389 e. The van der Waals surface area contributed by atoms with Gasteiger partial charge in [0.2, 0.25) is 0 Å². The second kappa shape index (κ2) is 4.51. The number of anilines is 1. The zero-order chi connectivity index (χ0) is 12.6. The molecule has 2 rings (SSSR count). The molecule has 0 saturated carbocycles. The van der Waals surface area contributed by atoms with Crippen LogP contribution in [-0.4, -0.2) is 18.2 Å². The van der Waals surface area contributed by atoms with Crippen molar-refractivity contribution >= 4 is 17.3 Å². The number of halogens is 1. The Morgan fingerprint density at radius 2 is 2.12 bits per heavy atom. The van der Waals surface area contributed by atoms with Crippen LogP contribution < -0.4 is 4.90 Å². The van der Waals surface area contributed by atoms with Crippen molar-refractivity contribution in [3.05, 3.63) is 28.8 Å². The van der Waals surface area contributed by atoms with Crippen LogP contribution in [0.2, 0.25) is 5.02 Å². The molecule has 1 aliphatic heterocycles. The van der Waals surface area contributed by atoms with Gasteiger partial charge in [0.15, 0.2) is 0 Å². The lowest BCUT2D eigenvalue weighted by atomic mass is 9.93. The van der Waals surface area contributed by atoms with Crippen molar-refractivity contribution in [2.75, 3.05) is 18.0 Å². The molecule has 0 aromatic heterocycles. The van der Waals surface area contributed by atoms with Gasteiger partial charge in [-0.15, -0.1) is 0 Å². The average Bonchev–Trinajstić information content (AvgIpc) is 2.58. The first-order valence-corrected chi connectivity index (χ1v) is 6.49. The van der Waals surface area contributed by atoms with E-state index < -0.39 is 6.10 Å². The smallest absolute Gasteiger partial charge is 0.0762 e. The lowest BCUT2D eigenvalue weighted by molar-refractivity contribution is 0.199. The normalized spacial score (nSPS) is 20.6. The van der Waals surface area contributed by atoms with Crippen molar-refractivity contribution in [3.63, 3.8) is 0 Å². The van der Waals surface area contributed by atoms with Crippen molar-refractivity contribution in [1.29, 1.82) is 0 Å². The van der Waals surface area contributed by atoms with Crippen LogP contribution in [0.1, 0.15) is 38.9 Å². The van der Waals surface area contributed by atoms with Gasteiger partial charge in [0.05, 0.1) is 16.8 Å². The Morgan fingerprint density at radius 1 is 1.41 bits per heavy atom. The standard InChI is InChI=1S/C14H20ClNO/c1-10(17)11-4-5-13(12(15)8-11)16-7-6-14(2,3)9-16/h4-5,8,10,17H,6-7,9H2,1-3H3/t10-/m1/s1. The van der Waals surface area contributed by atoms with E-state index in [1.807, 2.05) is 18.2 Å². The third-order valence-electron chi connectivity index (χ3n) is 3.47. The van der Waals surface area contributed by atoms with Crippen molar-refractivity contribution in [2.24, 2.45) is 5.41 Å². The third-order valence-corrected chi connectivity index (χ3v) is 3.77. The summed E-state index contributed by atoms with van der Waals surface area (Å²) in [7, 11) is 0. The average molecular weight is 254 g/mol. The van der Waals surface area contributed by atoms with Crippen LogP contribution in [0.25, 0.3) is 0 Å². The van der Waals surface area contributed by atoms with E-state index in [1.54, 1.807) is 6.92 Å². The molecule has 3 heteroatoms. The molecule has 1 aliphatic rings. The summed E-state index contributed by atoms with van der Waals surface area (Å²) in [6.07, 6.45) is 0.734. The minimum absolute atomic E-state index is 0.367. The number of aliphatic hydroxyl groups excluding tert-OH is 1. The molecule has 0 unspecified atom stereocenters. The van der Waals surface area contributed by atoms with Crippen LogP contribution in [0.15, 0.2) is 18.2 Å². The predicted octanol–water partition coefficient (Wildman–Crippen LogP) is 3.63. The van der Waals surface area contributed by atoms with Gasteiger partial charge in [-0.3, -0.25) is 0 Å². The molecular weight excluding hydrogens is 234 g/mol. The van der Waals surface area contributed by atoms with Crippen molar-refractivity contribution in [2.45, 2.75) is 33.3 Å². The lowest BCUT2D eigenvalue weighted by Gasteiger charge is -2.23. The quantitative estimate of drug-likeness (QED) is 0.870. The summed E-state index contributed by atoms with van der Waals surface area (Å²) in [5.74, 6) is 0. The molecule has 0 aliphatic carbocycles. The first-order chi connectivity index (χ1) is 7.89. The summed E-state index contributed by atoms with van der Waals surface area (Å²) in [6.45, 7) is 8.42. The number of rotatable bonds is 2. The van der Waals surface area contributed by atoms with E-state index in [0.29, 0.717) is 5.41 Å². The molecule has 0 bridgehead atoms. The van der Waals surface area contributed by atoms with Crippen LogP contribution >= 0.6 is 11.6 Å². The van der Waals surface area contributed by atoms with Gasteiger partial charge in [-0.25, -0.2) is 0 Å². The van der Waals surface area contributed by atoms with Gasteiger partial charge in [0, 0.05) is 13.1 Å². The molecule has 1 aromatic rings. The second-order valence-electron chi connectivity index (χ2n) is 5.72. The van der Waals surface area contributed by atoms with Gasteiger partial charge in [0.1, 0.15) is 0 Å². The summed E-state index contributed by atoms with van der Waals surface area (Å²) in [6, 6.07) is 5.84. The van der Waals surface area contributed by atoms with Gasteiger partial charge in [-0.1, -0.05) is 31.5 Å². The molecule has 1 fully saturated rings. The Morgan fingerprint density at radius 3 is 2.59 bits per heavy atom.